The fourth-order valence-corrected chi connectivity index (χ4v) is 1.76. The molecule has 5 heteroatoms. The van der Waals surface area contributed by atoms with Gasteiger partial charge < -0.3 is 15.0 Å². The second-order valence-corrected chi connectivity index (χ2v) is 3.43. The smallest absolute Gasteiger partial charge is 0.357 e. The number of fused-ring (bicyclic) bond motifs is 1. The van der Waals surface area contributed by atoms with Gasteiger partial charge in [-0.3, -0.25) is 4.98 Å². The third kappa shape index (κ3) is 1.41. The van der Waals surface area contributed by atoms with Gasteiger partial charge >= 0.3 is 5.97 Å². The maximum absolute atomic E-state index is 11.7. The summed E-state index contributed by atoms with van der Waals surface area (Å²) in [5.74, 6) is -0.404. The number of hydrogen-bond donors (Lipinski definition) is 1. The molecule has 0 amide bonds. The van der Waals surface area contributed by atoms with Crippen molar-refractivity contribution in [3.63, 3.8) is 0 Å². The Morgan fingerprint density at radius 1 is 1.62 bits per heavy atom. The Bertz CT molecular complexity index is 506. The third-order valence-corrected chi connectivity index (χ3v) is 2.51. The molecule has 0 saturated heterocycles. The highest BCUT2D eigenvalue weighted by Gasteiger charge is 2.19. The third-order valence-electron chi connectivity index (χ3n) is 2.51. The quantitative estimate of drug-likeness (QED) is 0.773. The molecule has 84 valence electrons. The first kappa shape index (κ1) is 10.5. The van der Waals surface area contributed by atoms with Crippen molar-refractivity contribution in [2.45, 2.75) is 6.92 Å². The number of nitrogens with zero attached hydrogens (tertiary/aromatic N) is 2. The fraction of sp³-hybridized carbons (Fsp3) is 0.273. The van der Waals surface area contributed by atoms with Crippen molar-refractivity contribution in [3.05, 3.63) is 24.2 Å². The molecule has 0 aliphatic heterocycles. The van der Waals surface area contributed by atoms with Crippen molar-refractivity contribution in [1.82, 2.24) is 9.55 Å². The number of aromatic nitrogens is 2. The van der Waals surface area contributed by atoms with E-state index in [4.69, 9.17) is 10.5 Å². The van der Waals surface area contributed by atoms with Crippen LogP contribution in [0.25, 0.3) is 10.9 Å². The van der Waals surface area contributed by atoms with Gasteiger partial charge in [0.05, 0.1) is 17.8 Å². The molecule has 0 radical (unpaired) electrons. The predicted molar refractivity (Wildman–Crippen MR) is 61.1 cm³/mol. The predicted octanol–water partition coefficient (Wildman–Crippen LogP) is 1.33. The zero-order chi connectivity index (χ0) is 11.7. The first-order valence-electron chi connectivity index (χ1n) is 5.01. The Morgan fingerprint density at radius 3 is 3.00 bits per heavy atom. The highest BCUT2D eigenvalue weighted by molar-refractivity contribution is 6.05. The van der Waals surface area contributed by atoms with Crippen LogP contribution in [0.15, 0.2) is 18.5 Å². The van der Waals surface area contributed by atoms with E-state index in [0.717, 1.165) is 10.9 Å². The maximum atomic E-state index is 11.7. The highest BCUT2D eigenvalue weighted by Crippen LogP contribution is 2.27. The molecule has 0 spiro atoms. The van der Waals surface area contributed by atoms with Crippen LogP contribution in [0.3, 0.4) is 0 Å². The van der Waals surface area contributed by atoms with Crippen LogP contribution < -0.4 is 5.73 Å². The molecule has 2 N–H and O–H groups in total. The van der Waals surface area contributed by atoms with Gasteiger partial charge in [0.25, 0.3) is 0 Å². The number of nitrogens with two attached hydrogens (primary N) is 1. The molecule has 0 aliphatic rings. The summed E-state index contributed by atoms with van der Waals surface area (Å²) >= 11 is 0. The SMILES string of the molecule is CCOC(=O)c1c(N)c2cnccc2n1C. The zero-order valence-corrected chi connectivity index (χ0v) is 9.23. The van der Waals surface area contributed by atoms with E-state index in [0.29, 0.717) is 18.0 Å². The highest BCUT2D eigenvalue weighted by atomic mass is 16.5. The molecular formula is C11H13N3O2. The van der Waals surface area contributed by atoms with Crippen LogP contribution in [0, 0.1) is 0 Å². The summed E-state index contributed by atoms with van der Waals surface area (Å²) < 4.78 is 6.69. The minimum absolute atomic E-state index is 0.331. The van der Waals surface area contributed by atoms with E-state index in [9.17, 15) is 4.79 Å². The van der Waals surface area contributed by atoms with Crippen LogP contribution in [0.4, 0.5) is 5.69 Å². The Labute approximate surface area is 92.8 Å². The van der Waals surface area contributed by atoms with Crippen molar-refractivity contribution in [2.75, 3.05) is 12.3 Å². The first-order chi connectivity index (χ1) is 7.66. The Hall–Kier alpha value is -2.04. The van der Waals surface area contributed by atoms with Gasteiger partial charge in [-0.2, -0.15) is 0 Å². The number of esters is 1. The number of rotatable bonds is 2. The number of hydrogen-bond acceptors (Lipinski definition) is 4. The summed E-state index contributed by atoms with van der Waals surface area (Å²) in [7, 11) is 1.78. The summed E-state index contributed by atoms with van der Waals surface area (Å²) in [4.78, 5) is 15.7. The second kappa shape index (κ2) is 3.84. The number of anilines is 1. The molecule has 0 aliphatic carbocycles. The molecule has 2 rings (SSSR count). The van der Waals surface area contributed by atoms with E-state index in [1.54, 1.807) is 30.9 Å². The number of nitrogen functional groups attached to an aromatic ring is 1. The van der Waals surface area contributed by atoms with Crippen LogP contribution in [0.5, 0.6) is 0 Å². The molecule has 0 saturated carbocycles. The zero-order valence-electron chi connectivity index (χ0n) is 9.23. The molecule has 2 heterocycles. The molecule has 2 aromatic rings. The Kier molecular flexibility index (Phi) is 2.52. The monoisotopic (exact) mass is 219 g/mol. The van der Waals surface area contributed by atoms with Crippen LogP contribution in [-0.4, -0.2) is 22.1 Å². The lowest BCUT2D eigenvalue weighted by Crippen LogP contribution is -2.11. The van der Waals surface area contributed by atoms with Crippen LogP contribution in [-0.2, 0) is 11.8 Å². The van der Waals surface area contributed by atoms with Gasteiger partial charge in [-0.1, -0.05) is 0 Å². The normalized spacial score (nSPS) is 10.6. The van der Waals surface area contributed by atoms with Gasteiger partial charge in [0.1, 0.15) is 0 Å². The number of pyridine rings is 1. The maximum Gasteiger partial charge on any atom is 0.357 e. The van der Waals surface area contributed by atoms with Gasteiger partial charge in [0.2, 0.25) is 0 Å². The van der Waals surface area contributed by atoms with Gasteiger partial charge in [-0.05, 0) is 13.0 Å². The van der Waals surface area contributed by atoms with Gasteiger partial charge in [0.15, 0.2) is 5.69 Å². The Balaban J connectivity index is 2.66. The molecule has 0 bridgehead atoms. The summed E-state index contributed by atoms with van der Waals surface area (Å²) in [6, 6.07) is 1.81. The van der Waals surface area contributed by atoms with Crippen molar-refractivity contribution < 1.29 is 9.53 Å². The van der Waals surface area contributed by atoms with Crippen LogP contribution in [0.2, 0.25) is 0 Å². The molecule has 5 nitrogen and oxygen atoms in total. The standard InChI is InChI=1S/C11H13N3O2/c1-3-16-11(15)10-9(12)7-6-13-5-4-8(7)14(10)2/h4-6H,3,12H2,1-2H3. The van der Waals surface area contributed by atoms with Crippen molar-refractivity contribution in [2.24, 2.45) is 7.05 Å². The average molecular weight is 219 g/mol. The average Bonchev–Trinajstić information content (AvgIpc) is 2.53. The lowest BCUT2D eigenvalue weighted by atomic mass is 10.3. The van der Waals surface area contributed by atoms with Gasteiger partial charge in [0, 0.05) is 24.8 Å². The number of ether oxygens (including phenoxy) is 1. The first-order valence-corrected chi connectivity index (χ1v) is 5.01. The molecule has 0 atom stereocenters. The van der Waals surface area contributed by atoms with Crippen molar-refractivity contribution >= 4 is 22.6 Å². The minimum Gasteiger partial charge on any atom is -0.461 e. The van der Waals surface area contributed by atoms with Crippen molar-refractivity contribution in [3.8, 4) is 0 Å². The summed E-state index contributed by atoms with van der Waals surface area (Å²) in [5, 5.41) is 0.771. The minimum atomic E-state index is -0.404. The summed E-state index contributed by atoms with van der Waals surface area (Å²) in [6.45, 7) is 2.09. The number of carbonyl (C=O) groups excluding carboxylic acids is 1. The second-order valence-electron chi connectivity index (χ2n) is 3.43. The number of aryl methyl sites for hydroxylation is 1. The molecule has 2 aromatic heterocycles. The molecule has 0 fully saturated rings. The van der Waals surface area contributed by atoms with Crippen LogP contribution in [0.1, 0.15) is 17.4 Å². The van der Waals surface area contributed by atoms with E-state index < -0.39 is 5.97 Å². The van der Waals surface area contributed by atoms with E-state index in [-0.39, 0.29) is 0 Å². The summed E-state index contributed by atoms with van der Waals surface area (Å²) in [6.07, 6.45) is 3.31. The van der Waals surface area contributed by atoms with Crippen LogP contribution >= 0.6 is 0 Å². The molecule has 0 unspecified atom stereocenters. The van der Waals surface area contributed by atoms with E-state index in [1.807, 2.05) is 6.07 Å². The van der Waals surface area contributed by atoms with E-state index in [1.165, 1.54) is 0 Å². The lowest BCUT2D eigenvalue weighted by Gasteiger charge is -2.04. The van der Waals surface area contributed by atoms with Crippen molar-refractivity contribution in [1.29, 1.82) is 0 Å². The van der Waals surface area contributed by atoms with E-state index >= 15 is 0 Å². The topological polar surface area (TPSA) is 70.1 Å². The largest absolute Gasteiger partial charge is 0.461 e. The molecule has 0 aromatic carbocycles. The van der Waals surface area contributed by atoms with Gasteiger partial charge in [-0.15, -0.1) is 0 Å². The van der Waals surface area contributed by atoms with E-state index in [2.05, 4.69) is 4.98 Å². The summed E-state index contributed by atoms with van der Waals surface area (Å²) in [5.41, 5.74) is 7.58. The Morgan fingerprint density at radius 2 is 2.38 bits per heavy atom. The fourth-order valence-electron chi connectivity index (χ4n) is 1.76. The molecular weight excluding hydrogens is 206 g/mol. The van der Waals surface area contributed by atoms with Gasteiger partial charge in [-0.25, -0.2) is 4.79 Å². The number of carbonyl (C=O) groups is 1. The molecule has 16 heavy (non-hydrogen) atoms. The lowest BCUT2D eigenvalue weighted by molar-refractivity contribution is 0.0517.